The van der Waals surface area contributed by atoms with Gasteiger partial charge in [-0.05, 0) is 45.4 Å². The van der Waals surface area contributed by atoms with E-state index in [1.54, 1.807) is 0 Å². The van der Waals surface area contributed by atoms with Crippen LogP contribution in [0.3, 0.4) is 0 Å². The molecule has 0 aliphatic carbocycles. The summed E-state index contributed by atoms with van der Waals surface area (Å²) in [5, 5.41) is 18.4. The van der Waals surface area contributed by atoms with Crippen LogP contribution in [0.1, 0.15) is 86.0 Å². The number of hydrogen-bond donors (Lipinski definition) is 2. The Balaban J connectivity index is 4.47. The average molecular weight is 332 g/mol. The molecule has 0 rings (SSSR count). The van der Waals surface area contributed by atoms with Gasteiger partial charge < -0.3 is 10.2 Å². The van der Waals surface area contributed by atoms with Gasteiger partial charge in [-0.25, -0.2) is 14.6 Å². The predicted molar refractivity (Wildman–Crippen MR) is 91.1 cm³/mol. The van der Waals surface area contributed by atoms with Crippen molar-refractivity contribution in [3.05, 3.63) is 0 Å². The molecule has 23 heavy (non-hydrogen) atoms. The van der Waals surface area contributed by atoms with E-state index < -0.39 is 17.2 Å². The van der Waals surface area contributed by atoms with E-state index in [9.17, 15) is 9.90 Å². The Morgan fingerprint density at radius 1 is 1.09 bits per heavy atom. The van der Waals surface area contributed by atoms with E-state index in [0.29, 0.717) is 18.8 Å². The summed E-state index contributed by atoms with van der Waals surface area (Å²) in [4.78, 5) is 22.7. The molecule has 2 N–H and O–H groups in total. The highest BCUT2D eigenvalue weighted by Gasteiger charge is 2.40. The minimum Gasteiger partial charge on any atom is -0.479 e. The fourth-order valence-corrected chi connectivity index (χ4v) is 2.51. The summed E-state index contributed by atoms with van der Waals surface area (Å²) < 4.78 is 0. The maximum atomic E-state index is 11.6. The highest BCUT2D eigenvalue weighted by atomic mass is 17.2. The van der Waals surface area contributed by atoms with E-state index in [2.05, 4.69) is 6.92 Å². The zero-order chi connectivity index (χ0) is 17.9. The van der Waals surface area contributed by atoms with E-state index in [1.165, 1.54) is 0 Å². The normalized spacial score (nSPS) is 16.1. The van der Waals surface area contributed by atoms with Crippen molar-refractivity contribution in [1.29, 1.82) is 0 Å². The SMILES string of the molecule is CCCCC(CC)(OOC(C)(C)CCCC(C)CCO)C(=O)O. The maximum Gasteiger partial charge on any atom is 0.339 e. The van der Waals surface area contributed by atoms with Crippen LogP contribution in [-0.4, -0.2) is 34.0 Å². The van der Waals surface area contributed by atoms with Gasteiger partial charge in [-0.1, -0.05) is 46.5 Å². The van der Waals surface area contributed by atoms with Gasteiger partial charge in [-0.3, -0.25) is 0 Å². The number of unbranched alkanes of at least 4 members (excludes halogenated alkanes) is 1. The Kier molecular flexibility index (Phi) is 10.7. The second kappa shape index (κ2) is 11.0. The lowest BCUT2D eigenvalue weighted by atomic mass is 9.94. The van der Waals surface area contributed by atoms with E-state index in [1.807, 2.05) is 27.7 Å². The number of aliphatic carboxylic acids is 1. The van der Waals surface area contributed by atoms with Crippen LogP contribution in [0.4, 0.5) is 0 Å². The van der Waals surface area contributed by atoms with Crippen LogP contribution >= 0.6 is 0 Å². The first-order chi connectivity index (χ1) is 10.7. The fourth-order valence-electron chi connectivity index (χ4n) is 2.51. The van der Waals surface area contributed by atoms with Crippen LogP contribution < -0.4 is 0 Å². The number of hydrogen-bond acceptors (Lipinski definition) is 4. The van der Waals surface area contributed by atoms with Crippen LogP contribution in [0.15, 0.2) is 0 Å². The molecule has 0 aliphatic rings. The van der Waals surface area contributed by atoms with Gasteiger partial charge in [0.05, 0.1) is 5.60 Å². The monoisotopic (exact) mass is 332 g/mol. The lowest BCUT2D eigenvalue weighted by molar-refractivity contribution is -0.402. The van der Waals surface area contributed by atoms with Crippen LogP contribution in [0, 0.1) is 5.92 Å². The van der Waals surface area contributed by atoms with Gasteiger partial charge in [0.15, 0.2) is 5.60 Å². The molecule has 0 aromatic rings. The molecule has 2 atom stereocenters. The third-order valence-electron chi connectivity index (χ3n) is 4.42. The molecule has 2 unspecified atom stereocenters. The van der Waals surface area contributed by atoms with Crippen molar-refractivity contribution in [3.8, 4) is 0 Å². The number of carboxylic acids is 1. The van der Waals surface area contributed by atoms with Crippen molar-refractivity contribution in [3.63, 3.8) is 0 Å². The maximum absolute atomic E-state index is 11.6. The lowest BCUT2D eigenvalue weighted by Crippen LogP contribution is -2.43. The van der Waals surface area contributed by atoms with Crippen LogP contribution in [0.5, 0.6) is 0 Å². The highest BCUT2D eigenvalue weighted by Crippen LogP contribution is 2.29. The Hall–Kier alpha value is -0.650. The molecule has 0 saturated heterocycles. The molecule has 0 saturated carbocycles. The number of carboxylic acid groups (broad SMARTS) is 1. The Morgan fingerprint density at radius 2 is 1.74 bits per heavy atom. The summed E-state index contributed by atoms with van der Waals surface area (Å²) in [6.45, 7) is 10.0. The minimum atomic E-state index is -1.25. The molecule has 5 nitrogen and oxygen atoms in total. The topological polar surface area (TPSA) is 76.0 Å². The van der Waals surface area contributed by atoms with Crippen LogP contribution in [0.2, 0.25) is 0 Å². The summed E-state index contributed by atoms with van der Waals surface area (Å²) in [7, 11) is 0. The molecule has 0 heterocycles. The first-order valence-corrected chi connectivity index (χ1v) is 8.94. The van der Waals surface area contributed by atoms with Crippen LogP contribution in [-0.2, 0) is 14.6 Å². The Labute approximate surface area is 141 Å². The van der Waals surface area contributed by atoms with Gasteiger partial charge in [-0.15, -0.1) is 0 Å². The molecular formula is C18H36O5. The van der Waals surface area contributed by atoms with Gasteiger partial charge in [0.25, 0.3) is 0 Å². The number of aliphatic hydroxyl groups excluding tert-OH is 1. The Bertz CT molecular complexity index is 329. The summed E-state index contributed by atoms with van der Waals surface area (Å²) in [6.07, 6.45) is 6.13. The number of aliphatic hydroxyl groups is 1. The molecule has 0 bridgehead atoms. The van der Waals surface area contributed by atoms with E-state index >= 15 is 0 Å². The van der Waals surface area contributed by atoms with Crippen LogP contribution in [0.25, 0.3) is 0 Å². The molecule has 0 aromatic heterocycles. The number of rotatable bonds is 14. The lowest BCUT2D eigenvalue weighted by Gasteiger charge is -2.32. The second-order valence-corrected chi connectivity index (χ2v) is 7.19. The standard InChI is InChI=1S/C18H36O5/c1-6-8-13-18(7-2,16(20)21)23-22-17(4,5)12-9-10-15(3)11-14-19/h15,19H,6-14H2,1-5H3,(H,20,21). The molecule has 0 spiro atoms. The highest BCUT2D eigenvalue weighted by molar-refractivity contribution is 5.77. The molecule has 0 aliphatic heterocycles. The molecule has 0 fully saturated rings. The van der Waals surface area contributed by atoms with Gasteiger partial charge in [-0.2, -0.15) is 0 Å². The average Bonchev–Trinajstić information content (AvgIpc) is 2.47. The summed E-state index contributed by atoms with van der Waals surface area (Å²) in [6, 6.07) is 0. The summed E-state index contributed by atoms with van der Waals surface area (Å²) in [5.41, 5.74) is -1.78. The summed E-state index contributed by atoms with van der Waals surface area (Å²) >= 11 is 0. The zero-order valence-electron chi connectivity index (χ0n) is 15.6. The third-order valence-corrected chi connectivity index (χ3v) is 4.42. The van der Waals surface area contributed by atoms with E-state index in [-0.39, 0.29) is 6.61 Å². The zero-order valence-corrected chi connectivity index (χ0v) is 15.6. The molecule has 0 radical (unpaired) electrons. The van der Waals surface area contributed by atoms with Gasteiger partial charge in [0, 0.05) is 6.61 Å². The third kappa shape index (κ3) is 8.68. The molecule has 5 heteroatoms. The van der Waals surface area contributed by atoms with Crippen molar-refractivity contribution >= 4 is 5.97 Å². The van der Waals surface area contributed by atoms with E-state index in [4.69, 9.17) is 14.9 Å². The van der Waals surface area contributed by atoms with Crippen molar-refractivity contribution in [2.75, 3.05) is 6.61 Å². The van der Waals surface area contributed by atoms with E-state index in [0.717, 1.165) is 38.5 Å². The van der Waals surface area contributed by atoms with Gasteiger partial charge in [0.2, 0.25) is 0 Å². The first-order valence-electron chi connectivity index (χ1n) is 8.94. The largest absolute Gasteiger partial charge is 0.479 e. The quantitative estimate of drug-likeness (QED) is 0.366. The van der Waals surface area contributed by atoms with Gasteiger partial charge in [0.1, 0.15) is 0 Å². The molecule has 0 amide bonds. The molecule has 138 valence electrons. The number of carbonyl (C=O) groups is 1. The molecular weight excluding hydrogens is 296 g/mol. The van der Waals surface area contributed by atoms with Gasteiger partial charge >= 0.3 is 5.97 Å². The first kappa shape index (κ1) is 22.4. The Morgan fingerprint density at radius 3 is 2.22 bits per heavy atom. The van der Waals surface area contributed by atoms with Crippen molar-refractivity contribution in [1.82, 2.24) is 0 Å². The molecule has 0 aromatic carbocycles. The fraction of sp³-hybridized carbons (Fsp3) is 0.944. The summed E-state index contributed by atoms with van der Waals surface area (Å²) in [5.74, 6) is -0.476. The smallest absolute Gasteiger partial charge is 0.339 e. The van der Waals surface area contributed by atoms with Crippen molar-refractivity contribution in [2.45, 2.75) is 97.2 Å². The minimum absolute atomic E-state index is 0.221. The predicted octanol–water partition coefficient (Wildman–Crippen LogP) is 4.33. The van der Waals surface area contributed by atoms with Crippen molar-refractivity contribution < 1.29 is 24.8 Å². The second-order valence-electron chi connectivity index (χ2n) is 7.19. The van der Waals surface area contributed by atoms with Crippen molar-refractivity contribution in [2.24, 2.45) is 5.92 Å².